The van der Waals surface area contributed by atoms with E-state index in [0.717, 1.165) is 30.7 Å². The van der Waals surface area contributed by atoms with E-state index in [2.05, 4.69) is 15.4 Å². The van der Waals surface area contributed by atoms with Crippen molar-refractivity contribution in [3.05, 3.63) is 93.4 Å². The molecule has 0 unspecified atom stereocenters. The molecule has 1 saturated heterocycles. The van der Waals surface area contributed by atoms with Gasteiger partial charge in [-0.15, -0.1) is 0 Å². The van der Waals surface area contributed by atoms with E-state index in [1.807, 2.05) is 24.6 Å². The van der Waals surface area contributed by atoms with Crippen LogP contribution in [0.15, 0.2) is 64.9 Å². The lowest BCUT2D eigenvalue weighted by Crippen LogP contribution is -2.47. The molecule has 46 heavy (non-hydrogen) atoms. The van der Waals surface area contributed by atoms with Crippen molar-refractivity contribution >= 4 is 51.0 Å². The Morgan fingerprint density at radius 2 is 1.78 bits per heavy atom. The fourth-order valence-electron chi connectivity index (χ4n) is 4.98. The molecular weight excluding hydrogens is 681 g/mol. The van der Waals surface area contributed by atoms with Crippen LogP contribution in [0.3, 0.4) is 0 Å². The molecule has 0 bridgehead atoms. The summed E-state index contributed by atoms with van der Waals surface area (Å²) < 4.78 is 63.6. The fraction of sp³-hybridized carbons (Fsp3) is 0.300. The molecule has 0 aliphatic carbocycles. The Hall–Kier alpha value is -3.43. The van der Waals surface area contributed by atoms with Gasteiger partial charge in [0.15, 0.2) is 16.8 Å². The molecule has 0 spiro atoms. The number of carbonyl (C=O) groups excluding carboxylic acids is 1. The van der Waals surface area contributed by atoms with Crippen LogP contribution in [0.5, 0.6) is 5.75 Å². The molecule has 2 aromatic heterocycles. The number of hydrazine groups is 1. The van der Waals surface area contributed by atoms with E-state index < -0.39 is 33.1 Å². The fourth-order valence-corrected chi connectivity index (χ4v) is 7.47. The molecule has 16 heteroatoms. The van der Waals surface area contributed by atoms with Gasteiger partial charge in [0.05, 0.1) is 35.1 Å². The molecule has 1 fully saturated rings. The maximum atomic E-state index is 15.2. The van der Waals surface area contributed by atoms with Crippen molar-refractivity contribution in [3.63, 3.8) is 0 Å². The van der Waals surface area contributed by atoms with Crippen LogP contribution in [-0.2, 0) is 21.2 Å². The van der Waals surface area contributed by atoms with E-state index in [1.54, 1.807) is 23.3 Å². The first-order valence-electron chi connectivity index (χ1n) is 14.0. The minimum atomic E-state index is -4.20. The van der Waals surface area contributed by atoms with Crippen LogP contribution < -0.4 is 14.9 Å². The molecule has 3 heterocycles. The topological polar surface area (TPSA) is 118 Å². The van der Waals surface area contributed by atoms with Gasteiger partial charge in [0.2, 0.25) is 0 Å². The first-order chi connectivity index (χ1) is 21.8. The number of ether oxygens (including phenoxy) is 1. The van der Waals surface area contributed by atoms with Crippen molar-refractivity contribution in [2.75, 3.05) is 20.2 Å². The van der Waals surface area contributed by atoms with Crippen molar-refractivity contribution in [3.8, 4) is 11.6 Å². The lowest BCUT2D eigenvalue weighted by Gasteiger charge is -2.27. The molecule has 2 amide bonds. The third-order valence-corrected chi connectivity index (χ3v) is 10.5. The number of aromatic nitrogens is 3. The van der Waals surface area contributed by atoms with Crippen LogP contribution in [0.2, 0.25) is 10.0 Å². The van der Waals surface area contributed by atoms with E-state index in [0.29, 0.717) is 40.3 Å². The third kappa shape index (κ3) is 7.26. The first kappa shape index (κ1) is 33.9. The highest BCUT2D eigenvalue weighted by Crippen LogP contribution is 2.39. The summed E-state index contributed by atoms with van der Waals surface area (Å²) in [5, 5.41) is 2.53. The van der Waals surface area contributed by atoms with Crippen molar-refractivity contribution in [2.45, 2.75) is 47.9 Å². The predicted molar refractivity (Wildman–Crippen MR) is 172 cm³/mol. The Bertz CT molecular complexity index is 1890. The summed E-state index contributed by atoms with van der Waals surface area (Å²) in [5.74, 6) is -1.21. The summed E-state index contributed by atoms with van der Waals surface area (Å²) >= 11 is 13.9. The minimum Gasteiger partial charge on any atom is -0.495 e. The van der Waals surface area contributed by atoms with Crippen molar-refractivity contribution in [2.24, 2.45) is 0 Å². The number of carbonyl (C=O) groups is 1. The number of nitrogens with one attached hydrogen (secondary N) is 2. The quantitative estimate of drug-likeness (QED) is 0.180. The molecule has 244 valence electrons. The number of hydrogen-bond donors (Lipinski definition) is 2. The van der Waals surface area contributed by atoms with E-state index in [1.165, 1.54) is 41.6 Å². The molecule has 2 aromatic carbocycles. The van der Waals surface area contributed by atoms with E-state index in [-0.39, 0.29) is 21.5 Å². The summed E-state index contributed by atoms with van der Waals surface area (Å²) in [5.41, 5.74) is 3.62. The van der Waals surface area contributed by atoms with Gasteiger partial charge in [-0.1, -0.05) is 60.9 Å². The van der Waals surface area contributed by atoms with E-state index in [9.17, 15) is 17.6 Å². The van der Waals surface area contributed by atoms with Crippen LogP contribution >= 0.6 is 35.0 Å². The van der Waals surface area contributed by atoms with Gasteiger partial charge < -0.3 is 4.74 Å². The van der Waals surface area contributed by atoms with Gasteiger partial charge in [-0.25, -0.2) is 41.7 Å². The van der Waals surface area contributed by atoms with Gasteiger partial charge >= 0.3 is 6.03 Å². The maximum absolute atomic E-state index is 15.2. The number of urea groups is 1. The number of amides is 2. The molecule has 10 nitrogen and oxygen atoms in total. The summed E-state index contributed by atoms with van der Waals surface area (Å²) in [6.07, 6.45) is 4.33. The van der Waals surface area contributed by atoms with Gasteiger partial charge in [-0.2, -0.15) is 0 Å². The SMILES string of the molecule is COc1cc(C(C)(C)c2cnc(SCc3ccc(S(=O)(=O)NC(=O)NN4CCCC4)cc3Cl)n2-c2ncc(F)cc2F)ccc1Cl. The number of rotatable bonds is 10. The number of benzene rings is 2. The van der Waals surface area contributed by atoms with Crippen molar-refractivity contribution in [1.82, 2.24) is 29.7 Å². The van der Waals surface area contributed by atoms with Crippen LogP contribution in [-0.4, -0.2) is 54.2 Å². The Balaban J connectivity index is 1.42. The maximum Gasteiger partial charge on any atom is 0.343 e. The summed E-state index contributed by atoms with van der Waals surface area (Å²) in [7, 11) is -2.70. The molecule has 0 saturated carbocycles. The lowest BCUT2D eigenvalue weighted by molar-refractivity contribution is 0.202. The molecule has 0 radical (unpaired) electrons. The molecular formula is C30H30Cl2F2N6O4S2. The largest absolute Gasteiger partial charge is 0.495 e. The second kappa shape index (κ2) is 13.7. The Morgan fingerprint density at radius 3 is 2.46 bits per heavy atom. The average molecular weight is 712 g/mol. The number of hydrogen-bond acceptors (Lipinski definition) is 8. The zero-order valence-corrected chi connectivity index (χ0v) is 28.1. The molecule has 1 aliphatic heterocycles. The highest BCUT2D eigenvalue weighted by Gasteiger charge is 2.32. The van der Waals surface area contributed by atoms with Gasteiger partial charge in [-0.05, 0) is 48.2 Å². The Morgan fingerprint density at radius 1 is 1.04 bits per heavy atom. The zero-order chi connectivity index (χ0) is 33.2. The van der Waals surface area contributed by atoms with Crippen LogP contribution in [0.1, 0.15) is 43.5 Å². The summed E-state index contributed by atoms with van der Waals surface area (Å²) in [6.45, 7) is 5.11. The highest BCUT2D eigenvalue weighted by molar-refractivity contribution is 7.98. The zero-order valence-electron chi connectivity index (χ0n) is 25.0. The van der Waals surface area contributed by atoms with Gasteiger partial charge in [0, 0.05) is 35.3 Å². The number of sulfonamides is 1. The number of methoxy groups -OCH3 is 1. The number of pyridine rings is 1. The highest BCUT2D eigenvalue weighted by atomic mass is 35.5. The second-order valence-corrected chi connectivity index (χ2v) is 14.4. The van der Waals surface area contributed by atoms with Crippen molar-refractivity contribution in [1.29, 1.82) is 0 Å². The molecule has 2 N–H and O–H groups in total. The lowest BCUT2D eigenvalue weighted by atomic mass is 9.81. The Labute approximate surface area is 279 Å². The third-order valence-electron chi connectivity index (χ3n) is 7.53. The summed E-state index contributed by atoms with van der Waals surface area (Å²) in [4.78, 5) is 20.7. The molecule has 1 aliphatic rings. The number of halogens is 4. The normalized spacial score (nSPS) is 14.0. The van der Waals surface area contributed by atoms with Crippen LogP contribution in [0.4, 0.5) is 13.6 Å². The van der Waals surface area contributed by atoms with E-state index >= 15 is 4.39 Å². The first-order valence-corrected chi connectivity index (χ1v) is 17.3. The number of nitrogens with zero attached hydrogens (tertiary/aromatic N) is 4. The van der Waals surface area contributed by atoms with Gasteiger partial charge in [0.25, 0.3) is 10.0 Å². The number of imidazole rings is 1. The van der Waals surface area contributed by atoms with Crippen LogP contribution in [0.25, 0.3) is 5.82 Å². The molecule has 5 rings (SSSR count). The van der Waals surface area contributed by atoms with Gasteiger partial charge in [-0.3, -0.25) is 9.99 Å². The van der Waals surface area contributed by atoms with Crippen molar-refractivity contribution < 1.29 is 26.7 Å². The monoisotopic (exact) mass is 710 g/mol. The minimum absolute atomic E-state index is 0.133. The molecule has 0 atom stereocenters. The molecule has 4 aromatic rings. The Kier molecular flexibility index (Phi) is 10.1. The summed E-state index contributed by atoms with van der Waals surface area (Å²) in [6, 6.07) is 9.30. The standard InChI is InChI=1S/C30H30Cl2F2N6O4S2/c1-30(2,19-7-9-22(31)25(12-19)44-3)26-16-36-29(40(26)27-24(34)13-20(33)15-35-27)45-17-18-6-8-21(14-23(18)32)46(42,43)38-28(41)37-39-10-4-5-11-39/h6-9,12-16H,4-5,10-11,17H2,1-3H3,(H2,37,38,41). The van der Waals surface area contributed by atoms with Crippen LogP contribution in [0, 0.1) is 11.6 Å². The average Bonchev–Trinajstić information content (AvgIpc) is 3.67. The second-order valence-electron chi connectivity index (χ2n) is 11.0. The van der Waals surface area contributed by atoms with E-state index in [4.69, 9.17) is 27.9 Å². The smallest absolute Gasteiger partial charge is 0.343 e. The predicted octanol–water partition coefficient (Wildman–Crippen LogP) is 6.48. The van der Waals surface area contributed by atoms with Gasteiger partial charge in [0.1, 0.15) is 11.6 Å². The number of thioether (sulfide) groups is 1.